The van der Waals surface area contributed by atoms with Crippen LogP contribution in [0, 0.1) is 6.92 Å². The summed E-state index contributed by atoms with van der Waals surface area (Å²) in [7, 11) is -4.12. The average molecular weight is 500 g/mol. The van der Waals surface area contributed by atoms with E-state index in [1.54, 1.807) is 42.5 Å². The van der Waals surface area contributed by atoms with Gasteiger partial charge >= 0.3 is 0 Å². The Bertz CT molecular complexity index is 1280. The number of amides is 2. The summed E-state index contributed by atoms with van der Waals surface area (Å²) in [5.41, 5.74) is 1.81. The van der Waals surface area contributed by atoms with E-state index in [2.05, 4.69) is 25.6 Å². The zero-order valence-electron chi connectivity index (χ0n) is 18.6. The lowest BCUT2D eigenvalue weighted by Gasteiger charge is -2.23. The number of nitrogens with one attached hydrogen (secondary N) is 3. The number of anilines is 2. The molecule has 178 valence electrons. The molecule has 0 atom stereocenters. The minimum atomic E-state index is -4.12. The number of hydrogen-bond donors (Lipinski definition) is 3. The fraction of sp³-hybridized carbons (Fsp3) is 0.304. The van der Waals surface area contributed by atoms with Crippen molar-refractivity contribution < 1.29 is 18.0 Å². The van der Waals surface area contributed by atoms with E-state index in [1.165, 1.54) is 6.07 Å². The van der Waals surface area contributed by atoms with Crippen molar-refractivity contribution in [2.24, 2.45) is 0 Å². The third-order valence-corrected chi connectivity index (χ3v) is 8.10. The van der Waals surface area contributed by atoms with Crippen molar-refractivity contribution in [3.05, 3.63) is 65.2 Å². The van der Waals surface area contributed by atoms with Crippen molar-refractivity contribution in [3.63, 3.8) is 0 Å². The van der Waals surface area contributed by atoms with Gasteiger partial charge in [0.15, 0.2) is 0 Å². The lowest BCUT2D eigenvalue weighted by atomic mass is 9.95. The van der Waals surface area contributed by atoms with Crippen molar-refractivity contribution in [1.82, 2.24) is 15.5 Å². The van der Waals surface area contributed by atoms with Crippen LogP contribution in [0.2, 0.25) is 0 Å². The number of sulfonamides is 1. The molecule has 2 amide bonds. The molecule has 0 radical (unpaired) electrons. The molecule has 3 aromatic rings. The highest BCUT2D eigenvalue weighted by molar-refractivity contribution is 7.94. The molecule has 9 nitrogen and oxygen atoms in total. The Balaban J connectivity index is 1.46. The molecule has 0 bridgehead atoms. The quantitative estimate of drug-likeness (QED) is 0.422. The number of aromatic nitrogens is 2. The molecule has 11 heteroatoms. The first-order chi connectivity index (χ1) is 16.3. The Labute approximate surface area is 202 Å². The zero-order chi connectivity index (χ0) is 24.1. The second kappa shape index (κ2) is 10.3. The molecular weight excluding hydrogens is 474 g/mol. The van der Waals surface area contributed by atoms with Crippen molar-refractivity contribution in [3.8, 4) is 0 Å². The minimum absolute atomic E-state index is 0.0503. The lowest BCUT2D eigenvalue weighted by Crippen LogP contribution is -2.36. The largest absolute Gasteiger partial charge is 0.349 e. The molecule has 4 rings (SSSR count). The molecule has 2 aromatic carbocycles. The summed E-state index contributed by atoms with van der Waals surface area (Å²) in [5.74, 6) is -0.744. The van der Waals surface area contributed by atoms with Gasteiger partial charge in [-0.2, -0.15) is 8.42 Å². The van der Waals surface area contributed by atoms with Gasteiger partial charge in [0.1, 0.15) is 0 Å². The van der Waals surface area contributed by atoms with E-state index in [1.807, 2.05) is 6.92 Å². The van der Waals surface area contributed by atoms with E-state index < -0.39 is 15.9 Å². The van der Waals surface area contributed by atoms with Crippen LogP contribution in [0.15, 0.2) is 52.9 Å². The van der Waals surface area contributed by atoms with Crippen LogP contribution in [-0.2, 0) is 10.0 Å². The fourth-order valence-corrected chi connectivity index (χ4v) is 5.69. The van der Waals surface area contributed by atoms with Gasteiger partial charge in [-0.1, -0.05) is 60.4 Å². The number of aryl methyl sites for hydroxylation is 1. The molecule has 1 aromatic heterocycles. The topological polar surface area (TPSA) is 130 Å². The van der Waals surface area contributed by atoms with E-state index in [0.29, 0.717) is 5.56 Å². The van der Waals surface area contributed by atoms with E-state index in [9.17, 15) is 18.0 Å². The van der Waals surface area contributed by atoms with Crippen LogP contribution in [0.1, 0.15) is 58.4 Å². The Hall–Kier alpha value is -3.31. The second-order valence-electron chi connectivity index (χ2n) is 8.15. The predicted molar refractivity (Wildman–Crippen MR) is 131 cm³/mol. The Kier molecular flexibility index (Phi) is 7.23. The van der Waals surface area contributed by atoms with Crippen molar-refractivity contribution in [2.75, 3.05) is 10.0 Å². The number of hydrogen-bond acceptors (Lipinski definition) is 7. The molecule has 1 heterocycles. The van der Waals surface area contributed by atoms with Crippen LogP contribution in [0.5, 0.6) is 0 Å². The highest BCUT2D eigenvalue weighted by Gasteiger charge is 2.24. The van der Waals surface area contributed by atoms with Crippen LogP contribution < -0.4 is 15.4 Å². The standard InChI is InChI=1S/C23H25N5O4S2/c1-15-11-13-16(14-12-15)20(29)25-22-26-27-23(33-22)34(31,32)28-19-10-6-5-9-18(19)21(30)24-17-7-3-2-4-8-17/h5-6,9-14,17,28H,2-4,7-8H2,1H3,(H,24,30)(H,25,26,29). The molecule has 0 unspecified atom stereocenters. The highest BCUT2D eigenvalue weighted by atomic mass is 32.2. The van der Waals surface area contributed by atoms with Crippen molar-refractivity contribution >= 4 is 44.0 Å². The number of carbonyl (C=O) groups excluding carboxylic acids is 2. The number of nitrogens with zero attached hydrogens (tertiary/aromatic N) is 2. The molecule has 1 saturated carbocycles. The predicted octanol–water partition coefficient (Wildman–Crippen LogP) is 3.96. The number of carbonyl (C=O) groups is 2. The van der Waals surface area contributed by atoms with Crippen LogP contribution >= 0.6 is 11.3 Å². The molecular formula is C23H25N5O4S2. The van der Waals surface area contributed by atoms with E-state index in [4.69, 9.17) is 0 Å². The van der Waals surface area contributed by atoms with Gasteiger partial charge in [-0.05, 0) is 44.0 Å². The first kappa shape index (κ1) is 23.8. The summed E-state index contributed by atoms with van der Waals surface area (Å²) < 4.78 is 28.0. The minimum Gasteiger partial charge on any atom is -0.349 e. The van der Waals surface area contributed by atoms with E-state index >= 15 is 0 Å². The fourth-order valence-electron chi connectivity index (χ4n) is 3.71. The van der Waals surface area contributed by atoms with Gasteiger partial charge in [-0.25, -0.2) is 0 Å². The molecule has 0 spiro atoms. The van der Waals surface area contributed by atoms with Gasteiger partial charge in [0, 0.05) is 11.6 Å². The first-order valence-corrected chi connectivity index (χ1v) is 13.3. The molecule has 34 heavy (non-hydrogen) atoms. The average Bonchev–Trinajstić information content (AvgIpc) is 3.30. The van der Waals surface area contributed by atoms with Crippen LogP contribution in [0.25, 0.3) is 0 Å². The third kappa shape index (κ3) is 5.78. The second-order valence-corrected chi connectivity index (χ2v) is 11.0. The monoisotopic (exact) mass is 499 g/mol. The smallest absolute Gasteiger partial charge is 0.291 e. The van der Waals surface area contributed by atoms with Gasteiger partial charge < -0.3 is 5.32 Å². The molecule has 1 aliphatic rings. The normalized spacial score (nSPS) is 14.4. The number of benzene rings is 2. The number of rotatable bonds is 7. The van der Waals surface area contributed by atoms with Gasteiger partial charge in [0.25, 0.3) is 26.2 Å². The van der Waals surface area contributed by atoms with Gasteiger partial charge in [0.05, 0.1) is 11.3 Å². The number of para-hydroxylation sites is 1. The van der Waals surface area contributed by atoms with E-state index in [-0.39, 0.29) is 32.7 Å². The zero-order valence-corrected chi connectivity index (χ0v) is 20.2. The molecule has 3 N–H and O–H groups in total. The Morgan fingerprint density at radius 2 is 1.65 bits per heavy atom. The Morgan fingerprint density at radius 1 is 0.941 bits per heavy atom. The van der Waals surface area contributed by atoms with Crippen LogP contribution in [0.4, 0.5) is 10.8 Å². The summed E-state index contributed by atoms with van der Waals surface area (Å²) in [6, 6.07) is 13.4. The van der Waals surface area contributed by atoms with Crippen LogP contribution in [0.3, 0.4) is 0 Å². The molecule has 1 fully saturated rings. The van der Waals surface area contributed by atoms with Crippen molar-refractivity contribution in [1.29, 1.82) is 0 Å². The van der Waals surface area contributed by atoms with Gasteiger partial charge in [-0.15, -0.1) is 10.2 Å². The highest BCUT2D eigenvalue weighted by Crippen LogP contribution is 2.25. The summed E-state index contributed by atoms with van der Waals surface area (Å²) >= 11 is 0.723. The van der Waals surface area contributed by atoms with Gasteiger partial charge in [0.2, 0.25) is 5.13 Å². The summed E-state index contributed by atoms with van der Waals surface area (Å²) in [6.07, 6.45) is 5.14. The maximum absolute atomic E-state index is 12.9. The summed E-state index contributed by atoms with van der Waals surface area (Å²) in [5, 5.41) is 13.1. The maximum atomic E-state index is 12.9. The summed E-state index contributed by atoms with van der Waals surface area (Å²) in [4.78, 5) is 25.2. The third-order valence-electron chi connectivity index (χ3n) is 5.53. The van der Waals surface area contributed by atoms with Gasteiger partial charge in [-0.3, -0.25) is 19.6 Å². The van der Waals surface area contributed by atoms with E-state index in [0.717, 1.165) is 49.0 Å². The first-order valence-electron chi connectivity index (χ1n) is 11.0. The Morgan fingerprint density at radius 3 is 2.38 bits per heavy atom. The van der Waals surface area contributed by atoms with Crippen molar-refractivity contribution in [2.45, 2.75) is 49.4 Å². The summed E-state index contributed by atoms with van der Waals surface area (Å²) in [6.45, 7) is 1.91. The molecule has 0 aliphatic heterocycles. The SMILES string of the molecule is Cc1ccc(C(=O)Nc2nnc(S(=O)(=O)Nc3ccccc3C(=O)NC3CCCCC3)s2)cc1. The molecule has 0 saturated heterocycles. The molecule has 1 aliphatic carbocycles. The van der Waals surface area contributed by atoms with Crippen LogP contribution in [-0.4, -0.2) is 36.5 Å². The maximum Gasteiger partial charge on any atom is 0.291 e. The lowest BCUT2D eigenvalue weighted by molar-refractivity contribution is 0.0928.